The lowest BCUT2D eigenvalue weighted by Crippen LogP contribution is -2.33. The number of aromatic nitrogens is 2. The summed E-state index contributed by atoms with van der Waals surface area (Å²) in [6.07, 6.45) is 2.71. The Morgan fingerprint density at radius 1 is 1.31 bits per heavy atom. The van der Waals surface area contributed by atoms with E-state index in [0.717, 1.165) is 5.56 Å². The summed E-state index contributed by atoms with van der Waals surface area (Å²) in [5.74, 6) is -0.761. The molecule has 9 heteroatoms. The summed E-state index contributed by atoms with van der Waals surface area (Å²) in [6, 6.07) is 6.39. The van der Waals surface area contributed by atoms with Crippen molar-refractivity contribution in [2.24, 2.45) is 5.92 Å². The minimum atomic E-state index is -3.36. The van der Waals surface area contributed by atoms with Gasteiger partial charge in [0.15, 0.2) is 0 Å². The van der Waals surface area contributed by atoms with Gasteiger partial charge in [-0.3, -0.25) is 4.90 Å². The van der Waals surface area contributed by atoms with Crippen LogP contribution in [0.25, 0.3) is 5.69 Å². The van der Waals surface area contributed by atoms with Crippen molar-refractivity contribution in [2.75, 3.05) is 32.9 Å². The first-order valence-electron chi connectivity index (χ1n) is 8.35. The van der Waals surface area contributed by atoms with Gasteiger partial charge in [0.1, 0.15) is 11.5 Å². The molecule has 0 saturated carbocycles. The molecule has 0 bridgehead atoms. The van der Waals surface area contributed by atoms with E-state index in [9.17, 15) is 17.9 Å². The van der Waals surface area contributed by atoms with Crippen LogP contribution < -0.4 is 0 Å². The Labute approximate surface area is 152 Å². The molecule has 1 saturated heterocycles. The second kappa shape index (κ2) is 7.43. The number of halogens is 1. The van der Waals surface area contributed by atoms with Gasteiger partial charge in [-0.15, -0.1) is 0 Å². The third kappa shape index (κ3) is 4.12. The van der Waals surface area contributed by atoms with Gasteiger partial charge in [-0.05, 0) is 12.1 Å². The second-order valence-electron chi connectivity index (χ2n) is 6.83. The number of β-amino-alcohol motifs (C(OH)–C–C–N with tert-alkyl or cyclic N) is 1. The number of hydrogen-bond acceptors (Lipinski definition) is 5. The Bertz CT molecular complexity index is 868. The maximum Gasteiger partial charge on any atom is 0.214 e. The predicted octanol–water partition coefficient (Wildman–Crippen LogP) is 0.696. The molecule has 1 fully saturated rings. The van der Waals surface area contributed by atoms with E-state index in [1.54, 1.807) is 30.6 Å². The Hall–Kier alpha value is -1.81. The Morgan fingerprint density at radius 2 is 2.04 bits per heavy atom. The van der Waals surface area contributed by atoms with Crippen molar-refractivity contribution in [2.45, 2.75) is 12.6 Å². The van der Waals surface area contributed by atoms with Crippen molar-refractivity contribution in [1.29, 1.82) is 0 Å². The number of aliphatic hydroxyl groups excluding tert-OH is 1. The molecule has 7 nitrogen and oxygen atoms in total. The van der Waals surface area contributed by atoms with E-state index in [1.807, 2.05) is 4.90 Å². The van der Waals surface area contributed by atoms with E-state index in [4.69, 9.17) is 0 Å². The minimum Gasteiger partial charge on any atom is -0.391 e. The summed E-state index contributed by atoms with van der Waals surface area (Å²) >= 11 is 0. The van der Waals surface area contributed by atoms with Gasteiger partial charge in [0.25, 0.3) is 0 Å². The molecule has 3 rings (SSSR count). The van der Waals surface area contributed by atoms with Gasteiger partial charge in [0.05, 0.1) is 18.1 Å². The van der Waals surface area contributed by atoms with Crippen LogP contribution in [-0.2, 0) is 16.6 Å². The summed E-state index contributed by atoms with van der Waals surface area (Å²) in [5.41, 5.74) is 1.24. The maximum absolute atomic E-state index is 13.8. The smallest absolute Gasteiger partial charge is 0.214 e. The molecule has 2 aromatic rings. The quantitative estimate of drug-likeness (QED) is 0.796. The van der Waals surface area contributed by atoms with E-state index >= 15 is 0 Å². The Morgan fingerprint density at radius 3 is 2.73 bits per heavy atom. The van der Waals surface area contributed by atoms with Crippen LogP contribution in [-0.4, -0.2) is 71.6 Å². The fraction of sp³-hybridized carbons (Fsp3) is 0.471. The van der Waals surface area contributed by atoms with Gasteiger partial charge in [0, 0.05) is 51.4 Å². The van der Waals surface area contributed by atoms with Gasteiger partial charge < -0.3 is 5.11 Å². The minimum absolute atomic E-state index is 0.0772. The van der Waals surface area contributed by atoms with Gasteiger partial charge in [-0.2, -0.15) is 5.10 Å². The molecule has 1 aliphatic heterocycles. The largest absolute Gasteiger partial charge is 0.391 e. The lowest BCUT2D eigenvalue weighted by Gasteiger charge is -2.17. The SMILES string of the molecule is CN(C)S(=O)(=O)C[C@@H]1CN(Cc2cnn(-c3ccccc3F)c2)C[C@@H]1O. The highest BCUT2D eigenvalue weighted by Crippen LogP contribution is 2.22. The molecule has 2 atom stereocenters. The lowest BCUT2D eigenvalue weighted by molar-refractivity contribution is 0.148. The van der Waals surface area contributed by atoms with Crippen LogP contribution in [0.2, 0.25) is 0 Å². The van der Waals surface area contributed by atoms with Gasteiger partial charge in [-0.1, -0.05) is 12.1 Å². The van der Waals surface area contributed by atoms with E-state index in [0.29, 0.717) is 25.3 Å². The molecule has 1 N–H and O–H groups in total. The first-order valence-corrected chi connectivity index (χ1v) is 9.96. The molecule has 1 aromatic heterocycles. The number of nitrogens with zero attached hydrogens (tertiary/aromatic N) is 4. The highest BCUT2D eigenvalue weighted by Gasteiger charge is 2.35. The number of aliphatic hydroxyl groups is 1. The molecule has 0 aliphatic carbocycles. The monoisotopic (exact) mass is 382 g/mol. The van der Waals surface area contributed by atoms with Crippen LogP contribution in [0.4, 0.5) is 4.39 Å². The lowest BCUT2D eigenvalue weighted by atomic mass is 10.1. The van der Waals surface area contributed by atoms with Crippen molar-refractivity contribution in [1.82, 2.24) is 19.0 Å². The normalized spacial score (nSPS) is 21.6. The van der Waals surface area contributed by atoms with Gasteiger partial charge in [-0.25, -0.2) is 21.8 Å². The molecule has 0 radical (unpaired) electrons. The summed E-state index contributed by atoms with van der Waals surface area (Å²) in [7, 11) is -0.376. The highest BCUT2D eigenvalue weighted by molar-refractivity contribution is 7.89. The molecule has 1 aliphatic rings. The van der Waals surface area contributed by atoms with Crippen molar-refractivity contribution < 1.29 is 17.9 Å². The molecule has 0 spiro atoms. The molecule has 142 valence electrons. The number of sulfonamides is 1. The number of hydrogen-bond donors (Lipinski definition) is 1. The zero-order chi connectivity index (χ0) is 18.9. The fourth-order valence-electron chi connectivity index (χ4n) is 3.12. The molecular weight excluding hydrogens is 359 g/mol. The first-order chi connectivity index (χ1) is 12.3. The molecular formula is C17H23FN4O3S. The number of para-hydroxylation sites is 1. The van der Waals surface area contributed by atoms with E-state index in [-0.39, 0.29) is 17.5 Å². The van der Waals surface area contributed by atoms with Crippen LogP contribution in [0, 0.1) is 11.7 Å². The van der Waals surface area contributed by atoms with E-state index in [1.165, 1.54) is 29.1 Å². The molecule has 1 aromatic carbocycles. The molecule has 0 unspecified atom stereocenters. The van der Waals surface area contributed by atoms with Crippen molar-refractivity contribution in [3.8, 4) is 5.69 Å². The maximum atomic E-state index is 13.8. The molecule has 2 heterocycles. The highest BCUT2D eigenvalue weighted by atomic mass is 32.2. The number of rotatable bonds is 6. The van der Waals surface area contributed by atoms with Crippen LogP contribution in [0.5, 0.6) is 0 Å². The van der Waals surface area contributed by atoms with Crippen LogP contribution in [0.1, 0.15) is 5.56 Å². The summed E-state index contributed by atoms with van der Waals surface area (Å²) in [4.78, 5) is 1.99. The number of likely N-dealkylation sites (tertiary alicyclic amines) is 1. The van der Waals surface area contributed by atoms with E-state index in [2.05, 4.69) is 5.10 Å². The third-order valence-electron chi connectivity index (χ3n) is 4.60. The first kappa shape index (κ1) is 19.0. The number of benzene rings is 1. The second-order valence-corrected chi connectivity index (χ2v) is 9.05. The Balaban J connectivity index is 1.65. The summed E-state index contributed by atoms with van der Waals surface area (Å²) < 4.78 is 40.6. The third-order valence-corrected chi connectivity index (χ3v) is 6.57. The van der Waals surface area contributed by atoms with Gasteiger partial charge >= 0.3 is 0 Å². The van der Waals surface area contributed by atoms with Crippen LogP contribution in [0.3, 0.4) is 0 Å². The van der Waals surface area contributed by atoms with Crippen molar-refractivity contribution >= 4 is 10.0 Å². The van der Waals surface area contributed by atoms with Gasteiger partial charge in [0.2, 0.25) is 10.0 Å². The molecule has 26 heavy (non-hydrogen) atoms. The predicted molar refractivity (Wildman–Crippen MR) is 95.8 cm³/mol. The van der Waals surface area contributed by atoms with Crippen molar-refractivity contribution in [3.63, 3.8) is 0 Å². The molecule has 0 amide bonds. The van der Waals surface area contributed by atoms with Crippen molar-refractivity contribution in [3.05, 3.63) is 48.0 Å². The summed E-state index contributed by atoms with van der Waals surface area (Å²) in [5, 5.41) is 14.4. The topological polar surface area (TPSA) is 78.7 Å². The average Bonchev–Trinajstić information content (AvgIpc) is 3.15. The zero-order valence-electron chi connectivity index (χ0n) is 14.8. The standard InChI is InChI=1S/C17H23FN4O3S/c1-20(2)26(24,25)12-14-10-21(11-17(14)23)8-13-7-19-22(9-13)16-6-4-3-5-15(16)18/h3-7,9,14,17,23H,8,10-12H2,1-2H3/t14-,17-/m0/s1. The van der Waals surface area contributed by atoms with Crippen LogP contribution in [0.15, 0.2) is 36.7 Å². The average molecular weight is 382 g/mol. The fourth-order valence-corrected chi connectivity index (χ4v) is 4.29. The zero-order valence-corrected chi connectivity index (χ0v) is 15.6. The van der Waals surface area contributed by atoms with Crippen LogP contribution >= 0.6 is 0 Å². The summed E-state index contributed by atoms with van der Waals surface area (Å²) in [6.45, 7) is 1.40. The van der Waals surface area contributed by atoms with E-state index < -0.39 is 16.1 Å². The Kier molecular flexibility index (Phi) is 5.42.